The Morgan fingerprint density at radius 3 is 2.48 bits per heavy atom. The van der Waals surface area contributed by atoms with Gasteiger partial charge < -0.3 is 19.5 Å². The molecule has 0 atom stereocenters. The van der Waals surface area contributed by atoms with E-state index in [2.05, 4.69) is 26.1 Å². The van der Waals surface area contributed by atoms with Crippen LogP contribution in [-0.2, 0) is 16.0 Å². The topological polar surface area (TPSA) is 39.7 Å². The Morgan fingerprint density at radius 1 is 1.10 bits per heavy atom. The van der Waals surface area contributed by atoms with Gasteiger partial charge in [-0.2, -0.15) is 0 Å². The van der Waals surface area contributed by atoms with Crippen LogP contribution < -0.4 is 10.1 Å². The van der Waals surface area contributed by atoms with Crippen LogP contribution in [0.3, 0.4) is 0 Å². The molecule has 0 fully saturated rings. The van der Waals surface area contributed by atoms with Gasteiger partial charge in [0.2, 0.25) is 0 Å². The molecule has 5 heteroatoms. The van der Waals surface area contributed by atoms with Crippen molar-refractivity contribution in [1.82, 2.24) is 5.32 Å². The normalized spacial score (nSPS) is 11.7. The van der Waals surface area contributed by atoms with Crippen LogP contribution in [0, 0.1) is 0 Å². The van der Waals surface area contributed by atoms with Crippen molar-refractivity contribution >= 4 is 11.6 Å². The van der Waals surface area contributed by atoms with Crippen LogP contribution in [-0.4, -0.2) is 39.1 Å². The fourth-order valence-electron chi connectivity index (χ4n) is 1.64. The third-order valence-corrected chi connectivity index (χ3v) is 2.98. The van der Waals surface area contributed by atoms with Gasteiger partial charge in [-0.15, -0.1) is 0 Å². The number of hydrogen-bond acceptors (Lipinski definition) is 4. The number of methoxy groups -OCH3 is 1. The fourth-order valence-corrected chi connectivity index (χ4v) is 1.84. The second-order valence-corrected chi connectivity index (χ2v) is 6.25. The predicted octanol–water partition coefficient (Wildman–Crippen LogP) is 3.27. The summed E-state index contributed by atoms with van der Waals surface area (Å²) < 4.78 is 16.1. The van der Waals surface area contributed by atoms with Crippen molar-refractivity contribution in [2.24, 2.45) is 0 Å². The summed E-state index contributed by atoms with van der Waals surface area (Å²) in [6.07, 6.45) is 0. The molecule has 0 aliphatic rings. The third-order valence-electron chi connectivity index (χ3n) is 2.75. The van der Waals surface area contributed by atoms with E-state index in [1.165, 1.54) is 0 Å². The van der Waals surface area contributed by atoms with E-state index in [0.717, 1.165) is 11.3 Å². The molecule has 0 amide bonds. The molecule has 1 aromatic rings. The van der Waals surface area contributed by atoms with Crippen LogP contribution in [0.15, 0.2) is 18.2 Å². The van der Waals surface area contributed by atoms with Gasteiger partial charge in [0, 0.05) is 29.8 Å². The van der Waals surface area contributed by atoms with E-state index < -0.39 is 0 Å². The number of benzene rings is 1. The summed E-state index contributed by atoms with van der Waals surface area (Å²) >= 11 is 6.06. The molecule has 0 aromatic heterocycles. The van der Waals surface area contributed by atoms with Crippen LogP contribution in [0.1, 0.15) is 26.3 Å². The van der Waals surface area contributed by atoms with Crippen LogP contribution in [0.2, 0.25) is 5.02 Å². The van der Waals surface area contributed by atoms with E-state index in [9.17, 15) is 0 Å². The summed E-state index contributed by atoms with van der Waals surface area (Å²) in [6, 6.07) is 5.67. The molecule has 0 aliphatic carbocycles. The first kappa shape index (κ1) is 18.2. The Hall–Kier alpha value is -0.810. The molecule has 4 nitrogen and oxygen atoms in total. The number of nitrogens with one attached hydrogen (secondary N) is 1. The maximum atomic E-state index is 6.06. The Labute approximate surface area is 132 Å². The van der Waals surface area contributed by atoms with Gasteiger partial charge in [-0.3, -0.25) is 0 Å². The monoisotopic (exact) mass is 315 g/mol. The van der Waals surface area contributed by atoms with E-state index >= 15 is 0 Å². The molecule has 21 heavy (non-hydrogen) atoms. The van der Waals surface area contributed by atoms with E-state index in [-0.39, 0.29) is 5.54 Å². The Morgan fingerprint density at radius 2 is 1.81 bits per heavy atom. The standard InChI is InChI=1S/C16H26ClNO3/c1-16(2,3)18-12-13-11-14(17)5-6-15(13)21-10-9-20-8-7-19-4/h5-6,11,18H,7-10,12H2,1-4H3. The molecular weight excluding hydrogens is 290 g/mol. The maximum absolute atomic E-state index is 6.06. The second kappa shape index (κ2) is 9.26. The summed E-state index contributed by atoms with van der Waals surface area (Å²) in [5, 5.41) is 4.15. The molecule has 1 N–H and O–H groups in total. The van der Waals surface area contributed by atoms with Crippen molar-refractivity contribution in [3.63, 3.8) is 0 Å². The summed E-state index contributed by atoms with van der Waals surface area (Å²) in [5.41, 5.74) is 1.09. The lowest BCUT2D eigenvalue weighted by Crippen LogP contribution is -2.35. The molecule has 0 spiro atoms. The summed E-state index contributed by atoms with van der Waals surface area (Å²) in [5.74, 6) is 0.839. The van der Waals surface area contributed by atoms with Crippen molar-refractivity contribution < 1.29 is 14.2 Å². The van der Waals surface area contributed by atoms with Gasteiger partial charge in [-0.1, -0.05) is 11.6 Å². The second-order valence-electron chi connectivity index (χ2n) is 5.81. The van der Waals surface area contributed by atoms with Crippen molar-refractivity contribution in [3.05, 3.63) is 28.8 Å². The molecule has 0 saturated carbocycles. The molecule has 0 saturated heterocycles. The summed E-state index contributed by atoms with van der Waals surface area (Å²) in [4.78, 5) is 0. The highest BCUT2D eigenvalue weighted by Gasteiger charge is 2.11. The number of ether oxygens (including phenoxy) is 3. The largest absolute Gasteiger partial charge is 0.491 e. The van der Waals surface area contributed by atoms with Crippen LogP contribution in [0.5, 0.6) is 5.75 Å². The van der Waals surface area contributed by atoms with Crippen molar-refractivity contribution in [2.75, 3.05) is 33.5 Å². The zero-order chi connectivity index (χ0) is 15.7. The lowest BCUT2D eigenvalue weighted by molar-refractivity contribution is 0.0542. The van der Waals surface area contributed by atoms with Crippen LogP contribution in [0.25, 0.3) is 0 Å². The van der Waals surface area contributed by atoms with E-state index in [4.69, 9.17) is 25.8 Å². The molecule has 1 rings (SSSR count). The zero-order valence-corrected chi connectivity index (χ0v) is 14.1. The lowest BCUT2D eigenvalue weighted by atomic mass is 10.1. The highest BCUT2D eigenvalue weighted by molar-refractivity contribution is 6.30. The molecule has 120 valence electrons. The van der Waals surface area contributed by atoms with E-state index in [1.54, 1.807) is 7.11 Å². The van der Waals surface area contributed by atoms with Crippen molar-refractivity contribution in [1.29, 1.82) is 0 Å². The summed E-state index contributed by atoms with van der Waals surface area (Å²) in [7, 11) is 1.65. The van der Waals surface area contributed by atoms with Crippen molar-refractivity contribution in [3.8, 4) is 5.75 Å². The number of rotatable bonds is 9. The predicted molar refractivity (Wildman–Crippen MR) is 86.2 cm³/mol. The van der Waals surface area contributed by atoms with Gasteiger partial charge in [-0.05, 0) is 39.0 Å². The molecule has 0 radical (unpaired) electrons. The molecule has 0 bridgehead atoms. The summed E-state index contributed by atoms with van der Waals surface area (Å²) in [6.45, 7) is 9.32. The van der Waals surface area contributed by atoms with Crippen LogP contribution >= 0.6 is 11.6 Å². The van der Waals surface area contributed by atoms with Gasteiger partial charge in [0.25, 0.3) is 0 Å². The Kier molecular flexibility index (Phi) is 8.04. The zero-order valence-electron chi connectivity index (χ0n) is 13.4. The average molecular weight is 316 g/mol. The van der Waals surface area contributed by atoms with Gasteiger partial charge >= 0.3 is 0 Å². The van der Waals surface area contributed by atoms with Gasteiger partial charge in [0.1, 0.15) is 12.4 Å². The van der Waals surface area contributed by atoms with Gasteiger partial charge in [0.05, 0.1) is 19.8 Å². The quantitative estimate of drug-likeness (QED) is 0.710. The first-order valence-electron chi connectivity index (χ1n) is 7.15. The van der Waals surface area contributed by atoms with E-state index in [1.807, 2.05) is 18.2 Å². The SMILES string of the molecule is COCCOCCOc1ccc(Cl)cc1CNC(C)(C)C. The van der Waals surface area contributed by atoms with Crippen LogP contribution in [0.4, 0.5) is 0 Å². The number of hydrogen-bond donors (Lipinski definition) is 1. The molecule has 1 aromatic carbocycles. The smallest absolute Gasteiger partial charge is 0.124 e. The molecular formula is C16H26ClNO3. The Balaban J connectivity index is 2.48. The minimum Gasteiger partial charge on any atom is -0.491 e. The fraction of sp³-hybridized carbons (Fsp3) is 0.625. The van der Waals surface area contributed by atoms with Crippen molar-refractivity contribution in [2.45, 2.75) is 32.9 Å². The van der Waals surface area contributed by atoms with Gasteiger partial charge in [-0.25, -0.2) is 0 Å². The average Bonchev–Trinajstić information content (AvgIpc) is 2.41. The molecule has 0 heterocycles. The van der Waals surface area contributed by atoms with E-state index in [0.29, 0.717) is 38.0 Å². The first-order chi connectivity index (χ1) is 9.92. The minimum atomic E-state index is 0.0445. The third kappa shape index (κ3) is 8.27. The highest BCUT2D eigenvalue weighted by atomic mass is 35.5. The first-order valence-corrected chi connectivity index (χ1v) is 7.53. The minimum absolute atomic E-state index is 0.0445. The highest BCUT2D eigenvalue weighted by Crippen LogP contribution is 2.23. The lowest BCUT2D eigenvalue weighted by Gasteiger charge is -2.22. The molecule has 0 aliphatic heterocycles. The Bertz CT molecular complexity index is 418. The van der Waals surface area contributed by atoms with Gasteiger partial charge in [0.15, 0.2) is 0 Å². The number of halogens is 1. The molecule has 0 unspecified atom stereocenters. The maximum Gasteiger partial charge on any atom is 0.124 e.